The van der Waals surface area contributed by atoms with E-state index in [2.05, 4.69) is 31.3 Å². The van der Waals surface area contributed by atoms with Crippen molar-refractivity contribution < 1.29 is 9.18 Å². The highest BCUT2D eigenvalue weighted by Crippen LogP contribution is 2.19. The molecule has 1 amide bonds. The molecule has 0 bridgehead atoms. The molecule has 7 heteroatoms. The molecular weight excluding hydrogens is 351 g/mol. The summed E-state index contributed by atoms with van der Waals surface area (Å²) in [4.78, 5) is 16.4. The molecule has 3 aromatic rings. The second-order valence-corrected chi connectivity index (χ2v) is 5.29. The zero-order chi connectivity index (χ0) is 15.5. The summed E-state index contributed by atoms with van der Waals surface area (Å²) in [6.07, 6.45) is 4.96. The Kier molecular flexibility index (Phi) is 3.97. The molecule has 0 spiro atoms. The molecule has 0 aliphatic rings. The standard InChI is InChI=1S/C15H10BrFN4O/c16-13-8-10(17)2-4-12(13)15(22)20-11-3-5-14(18-9-11)21-7-1-6-19-21/h1-9H,(H,20,22). The molecule has 0 unspecified atom stereocenters. The Labute approximate surface area is 133 Å². The molecule has 110 valence electrons. The molecule has 0 radical (unpaired) electrons. The molecule has 0 fully saturated rings. The third-order valence-electron chi connectivity index (χ3n) is 2.92. The first-order valence-corrected chi connectivity index (χ1v) is 7.15. The molecule has 0 saturated carbocycles. The van der Waals surface area contributed by atoms with Crippen LogP contribution in [0.5, 0.6) is 0 Å². The summed E-state index contributed by atoms with van der Waals surface area (Å²) in [6.45, 7) is 0. The van der Waals surface area contributed by atoms with E-state index in [4.69, 9.17) is 0 Å². The number of pyridine rings is 1. The molecule has 2 heterocycles. The van der Waals surface area contributed by atoms with Gasteiger partial charge in [0.25, 0.3) is 5.91 Å². The largest absolute Gasteiger partial charge is 0.321 e. The molecular formula is C15H10BrFN4O. The van der Waals surface area contributed by atoms with E-state index in [0.29, 0.717) is 21.5 Å². The quantitative estimate of drug-likeness (QED) is 0.778. The minimum atomic E-state index is -0.409. The first-order chi connectivity index (χ1) is 10.6. The van der Waals surface area contributed by atoms with Crippen LogP contribution in [0.2, 0.25) is 0 Å². The lowest BCUT2D eigenvalue weighted by Gasteiger charge is -2.07. The van der Waals surface area contributed by atoms with Crippen molar-refractivity contribution >= 4 is 27.5 Å². The Morgan fingerprint density at radius 2 is 2.14 bits per heavy atom. The van der Waals surface area contributed by atoms with Gasteiger partial charge in [-0.05, 0) is 52.3 Å². The minimum Gasteiger partial charge on any atom is -0.321 e. The van der Waals surface area contributed by atoms with Gasteiger partial charge in [0.1, 0.15) is 5.82 Å². The van der Waals surface area contributed by atoms with E-state index in [9.17, 15) is 9.18 Å². The van der Waals surface area contributed by atoms with Crippen molar-refractivity contribution in [1.82, 2.24) is 14.8 Å². The van der Waals surface area contributed by atoms with E-state index in [1.807, 2.05) is 0 Å². The van der Waals surface area contributed by atoms with Crippen molar-refractivity contribution in [3.8, 4) is 5.82 Å². The summed E-state index contributed by atoms with van der Waals surface area (Å²) >= 11 is 3.17. The van der Waals surface area contributed by atoms with E-state index >= 15 is 0 Å². The Morgan fingerprint density at radius 1 is 1.27 bits per heavy atom. The average molecular weight is 361 g/mol. The van der Waals surface area contributed by atoms with Gasteiger partial charge in [0.2, 0.25) is 0 Å². The number of nitrogens with one attached hydrogen (secondary N) is 1. The highest BCUT2D eigenvalue weighted by molar-refractivity contribution is 9.10. The lowest BCUT2D eigenvalue weighted by molar-refractivity contribution is 0.102. The summed E-state index contributed by atoms with van der Waals surface area (Å²) in [5.74, 6) is -0.111. The van der Waals surface area contributed by atoms with Gasteiger partial charge in [-0.3, -0.25) is 4.79 Å². The number of anilines is 1. The predicted molar refractivity (Wildman–Crippen MR) is 83.4 cm³/mol. The first kappa shape index (κ1) is 14.4. The first-order valence-electron chi connectivity index (χ1n) is 6.36. The van der Waals surface area contributed by atoms with Crippen LogP contribution in [-0.2, 0) is 0 Å². The number of hydrogen-bond acceptors (Lipinski definition) is 3. The van der Waals surface area contributed by atoms with E-state index in [0.717, 1.165) is 0 Å². The molecule has 0 saturated heterocycles. The predicted octanol–water partition coefficient (Wildman–Crippen LogP) is 3.42. The zero-order valence-electron chi connectivity index (χ0n) is 11.2. The summed E-state index contributed by atoms with van der Waals surface area (Å²) in [7, 11) is 0. The molecule has 1 N–H and O–H groups in total. The normalized spacial score (nSPS) is 10.5. The fourth-order valence-corrected chi connectivity index (χ4v) is 2.40. The van der Waals surface area contributed by atoms with E-state index in [1.54, 1.807) is 35.3 Å². The molecule has 0 aliphatic carbocycles. The van der Waals surface area contributed by atoms with Crippen molar-refractivity contribution in [2.75, 3.05) is 5.32 Å². The van der Waals surface area contributed by atoms with Gasteiger partial charge < -0.3 is 5.32 Å². The molecule has 3 rings (SSSR count). The fourth-order valence-electron chi connectivity index (χ4n) is 1.87. The van der Waals surface area contributed by atoms with Crippen LogP contribution in [0, 0.1) is 5.82 Å². The van der Waals surface area contributed by atoms with Crippen molar-refractivity contribution in [3.05, 3.63) is 70.8 Å². The molecule has 1 aromatic carbocycles. The smallest absolute Gasteiger partial charge is 0.256 e. The summed E-state index contributed by atoms with van der Waals surface area (Å²) in [5.41, 5.74) is 0.884. The topological polar surface area (TPSA) is 59.8 Å². The van der Waals surface area contributed by atoms with Gasteiger partial charge in [-0.2, -0.15) is 5.10 Å². The second kappa shape index (κ2) is 6.07. The molecule has 5 nitrogen and oxygen atoms in total. The van der Waals surface area contributed by atoms with Gasteiger partial charge >= 0.3 is 0 Å². The van der Waals surface area contributed by atoms with Gasteiger partial charge in [0, 0.05) is 16.9 Å². The summed E-state index contributed by atoms with van der Waals surface area (Å²) in [6, 6.07) is 9.15. The Balaban J connectivity index is 1.77. The number of carbonyl (C=O) groups excluding carboxylic acids is 1. The Bertz CT molecular complexity index is 803. The highest BCUT2D eigenvalue weighted by Gasteiger charge is 2.11. The van der Waals surface area contributed by atoms with Crippen LogP contribution in [0.25, 0.3) is 5.82 Å². The maximum Gasteiger partial charge on any atom is 0.256 e. The third kappa shape index (κ3) is 3.04. The van der Waals surface area contributed by atoms with Crippen LogP contribution in [0.1, 0.15) is 10.4 Å². The minimum absolute atomic E-state index is 0.345. The number of hydrogen-bond donors (Lipinski definition) is 1. The van der Waals surface area contributed by atoms with Crippen molar-refractivity contribution in [2.24, 2.45) is 0 Å². The number of nitrogens with zero attached hydrogens (tertiary/aromatic N) is 3. The Morgan fingerprint density at radius 3 is 2.77 bits per heavy atom. The van der Waals surface area contributed by atoms with E-state index in [-0.39, 0.29) is 5.91 Å². The Hall–Kier alpha value is -2.54. The zero-order valence-corrected chi connectivity index (χ0v) is 12.8. The monoisotopic (exact) mass is 360 g/mol. The van der Waals surface area contributed by atoms with Crippen LogP contribution in [-0.4, -0.2) is 20.7 Å². The van der Waals surface area contributed by atoms with Crippen LogP contribution in [0.4, 0.5) is 10.1 Å². The second-order valence-electron chi connectivity index (χ2n) is 4.43. The molecule has 22 heavy (non-hydrogen) atoms. The summed E-state index contributed by atoms with van der Waals surface area (Å²) in [5, 5.41) is 6.78. The molecule has 0 atom stereocenters. The van der Waals surface area contributed by atoms with E-state index in [1.165, 1.54) is 24.4 Å². The number of amides is 1. The number of benzene rings is 1. The number of carbonyl (C=O) groups is 1. The van der Waals surface area contributed by atoms with Crippen LogP contribution in [0.15, 0.2) is 59.5 Å². The number of halogens is 2. The van der Waals surface area contributed by atoms with E-state index < -0.39 is 5.82 Å². The van der Waals surface area contributed by atoms with Gasteiger partial charge in [0.15, 0.2) is 5.82 Å². The summed E-state index contributed by atoms with van der Waals surface area (Å²) < 4.78 is 15.0. The van der Waals surface area contributed by atoms with Gasteiger partial charge in [-0.15, -0.1) is 0 Å². The lowest BCUT2D eigenvalue weighted by Crippen LogP contribution is -2.13. The maximum atomic E-state index is 13.0. The number of aromatic nitrogens is 3. The third-order valence-corrected chi connectivity index (χ3v) is 3.58. The molecule has 0 aliphatic heterocycles. The SMILES string of the molecule is O=C(Nc1ccc(-n2cccn2)nc1)c1ccc(F)cc1Br. The number of rotatable bonds is 3. The van der Waals surface area contributed by atoms with Crippen molar-refractivity contribution in [1.29, 1.82) is 0 Å². The average Bonchev–Trinajstić information content (AvgIpc) is 3.02. The van der Waals surface area contributed by atoms with Crippen LogP contribution < -0.4 is 5.32 Å². The van der Waals surface area contributed by atoms with Crippen molar-refractivity contribution in [2.45, 2.75) is 0 Å². The van der Waals surface area contributed by atoms with Gasteiger partial charge in [0.05, 0.1) is 17.4 Å². The van der Waals surface area contributed by atoms with Gasteiger partial charge in [-0.25, -0.2) is 14.1 Å². The van der Waals surface area contributed by atoms with Gasteiger partial charge in [-0.1, -0.05) is 0 Å². The van der Waals surface area contributed by atoms with Crippen molar-refractivity contribution in [3.63, 3.8) is 0 Å². The van der Waals surface area contributed by atoms with Crippen LogP contribution >= 0.6 is 15.9 Å². The fraction of sp³-hybridized carbons (Fsp3) is 0. The molecule has 2 aromatic heterocycles. The lowest BCUT2D eigenvalue weighted by atomic mass is 10.2. The maximum absolute atomic E-state index is 13.0. The van der Waals surface area contributed by atoms with Crippen LogP contribution in [0.3, 0.4) is 0 Å². The highest BCUT2D eigenvalue weighted by atomic mass is 79.9.